The van der Waals surface area contributed by atoms with Gasteiger partial charge < -0.3 is 4.98 Å². The first-order valence-electron chi connectivity index (χ1n) is 11.8. The minimum Gasteiger partial charge on any atom is -0.337 e. The van der Waals surface area contributed by atoms with E-state index in [0.29, 0.717) is 0 Å². The quantitative estimate of drug-likeness (QED) is 0.241. The molecule has 172 valence electrons. The number of rotatable bonds is 6. The summed E-state index contributed by atoms with van der Waals surface area (Å²) in [4.78, 5) is 15.7. The van der Waals surface area contributed by atoms with Gasteiger partial charge in [0.1, 0.15) is 5.82 Å². The lowest BCUT2D eigenvalue weighted by Gasteiger charge is -2.07. The smallest absolute Gasteiger partial charge is 0.149 e. The Hall–Kier alpha value is -4.41. The molecule has 0 unspecified atom stereocenters. The van der Waals surface area contributed by atoms with Gasteiger partial charge in [-0.05, 0) is 35.4 Å². The molecule has 0 radical (unpaired) electrons. The van der Waals surface area contributed by atoms with Crippen molar-refractivity contribution < 1.29 is 0 Å². The number of hydrogen-bond donors (Lipinski definition) is 1. The SMILES string of the molecule is C(=N\c1ccccc1Sc1ccccc1)/c1nc2c(-c3ccccc3)ccc(-c3ccccc3)c2[nH]1. The van der Waals surface area contributed by atoms with Crippen LogP contribution in [0.4, 0.5) is 5.69 Å². The first kappa shape index (κ1) is 22.1. The number of benzene rings is 5. The first-order valence-corrected chi connectivity index (χ1v) is 12.7. The van der Waals surface area contributed by atoms with Crippen molar-refractivity contribution >= 4 is 34.7 Å². The van der Waals surface area contributed by atoms with E-state index in [0.717, 1.165) is 49.7 Å². The zero-order valence-electron chi connectivity index (χ0n) is 19.5. The molecule has 0 amide bonds. The van der Waals surface area contributed by atoms with Crippen molar-refractivity contribution in [3.8, 4) is 22.3 Å². The van der Waals surface area contributed by atoms with Crippen molar-refractivity contribution in [3.05, 3.63) is 133 Å². The van der Waals surface area contributed by atoms with Crippen LogP contribution in [0.3, 0.4) is 0 Å². The lowest BCUT2D eigenvalue weighted by atomic mass is 9.98. The predicted octanol–water partition coefficient (Wildman–Crippen LogP) is 8.80. The number of nitrogens with one attached hydrogen (secondary N) is 1. The van der Waals surface area contributed by atoms with Gasteiger partial charge in [-0.25, -0.2) is 4.98 Å². The number of hydrogen-bond acceptors (Lipinski definition) is 3. The average Bonchev–Trinajstić information content (AvgIpc) is 3.38. The van der Waals surface area contributed by atoms with Crippen LogP contribution in [0.5, 0.6) is 0 Å². The van der Waals surface area contributed by atoms with Crippen LogP contribution in [0, 0.1) is 0 Å². The van der Waals surface area contributed by atoms with Gasteiger partial charge >= 0.3 is 0 Å². The third kappa shape index (κ3) is 4.59. The van der Waals surface area contributed by atoms with Crippen molar-refractivity contribution in [2.45, 2.75) is 9.79 Å². The van der Waals surface area contributed by atoms with Crippen LogP contribution >= 0.6 is 11.8 Å². The van der Waals surface area contributed by atoms with Crippen LogP contribution < -0.4 is 0 Å². The summed E-state index contributed by atoms with van der Waals surface area (Å²) in [5.41, 5.74) is 7.38. The van der Waals surface area contributed by atoms with E-state index in [9.17, 15) is 0 Å². The van der Waals surface area contributed by atoms with E-state index in [1.54, 1.807) is 11.8 Å². The van der Waals surface area contributed by atoms with Gasteiger partial charge in [0.25, 0.3) is 0 Å². The second-order valence-electron chi connectivity index (χ2n) is 8.38. The second-order valence-corrected chi connectivity index (χ2v) is 9.49. The molecule has 0 saturated carbocycles. The summed E-state index contributed by atoms with van der Waals surface area (Å²) < 4.78 is 0. The summed E-state index contributed by atoms with van der Waals surface area (Å²) in [6.45, 7) is 0. The minimum absolute atomic E-state index is 0.727. The van der Waals surface area contributed by atoms with Crippen molar-refractivity contribution in [1.82, 2.24) is 9.97 Å². The van der Waals surface area contributed by atoms with Crippen LogP contribution in [-0.4, -0.2) is 16.2 Å². The summed E-state index contributed by atoms with van der Waals surface area (Å²) in [5.74, 6) is 0.727. The molecule has 36 heavy (non-hydrogen) atoms. The fourth-order valence-corrected chi connectivity index (χ4v) is 5.20. The van der Waals surface area contributed by atoms with Gasteiger partial charge in [0.05, 0.1) is 22.9 Å². The van der Waals surface area contributed by atoms with Crippen molar-refractivity contribution in [3.63, 3.8) is 0 Å². The van der Waals surface area contributed by atoms with Crippen molar-refractivity contribution in [1.29, 1.82) is 0 Å². The van der Waals surface area contributed by atoms with Gasteiger partial charge in [0, 0.05) is 20.9 Å². The Bertz CT molecular complexity index is 1560. The standard InChI is InChI=1S/C32H23N3S/c1-4-12-23(13-5-1)26-20-21-27(24-14-6-2-7-15-24)32-31(26)34-30(35-32)22-33-28-18-10-11-19-29(28)36-25-16-8-3-9-17-25/h1-22H,(H,34,35)/b33-22+. The largest absolute Gasteiger partial charge is 0.337 e. The summed E-state index contributed by atoms with van der Waals surface area (Å²) in [6.07, 6.45) is 1.83. The van der Waals surface area contributed by atoms with Crippen LogP contribution in [0.2, 0.25) is 0 Å². The van der Waals surface area contributed by atoms with Gasteiger partial charge in [0.15, 0.2) is 0 Å². The van der Waals surface area contributed by atoms with E-state index < -0.39 is 0 Å². The topological polar surface area (TPSA) is 41.0 Å². The van der Waals surface area contributed by atoms with Gasteiger partial charge in [0.2, 0.25) is 0 Å². The molecule has 0 saturated heterocycles. The molecule has 6 aromatic rings. The van der Waals surface area contributed by atoms with Crippen molar-refractivity contribution in [2.75, 3.05) is 0 Å². The minimum atomic E-state index is 0.727. The Morgan fingerprint density at radius 2 is 1.19 bits per heavy atom. The highest BCUT2D eigenvalue weighted by molar-refractivity contribution is 7.99. The molecule has 0 aliphatic heterocycles. The van der Waals surface area contributed by atoms with Crippen LogP contribution in [-0.2, 0) is 0 Å². The molecule has 1 heterocycles. The number of nitrogens with zero attached hydrogens (tertiary/aromatic N) is 2. The summed E-state index contributed by atoms with van der Waals surface area (Å²) >= 11 is 1.71. The molecule has 0 spiro atoms. The van der Waals surface area contributed by atoms with E-state index in [4.69, 9.17) is 9.98 Å². The van der Waals surface area contributed by atoms with Gasteiger partial charge in [-0.15, -0.1) is 0 Å². The molecule has 1 N–H and O–H groups in total. The maximum atomic E-state index is 4.99. The molecule has 0 bridgehead atoms. The third-order valence-electron chi connectivity index (χ3n) is 6.00. The Kier molecular flexibility index (Phi) is 6.17. The highest BCUT2D eigenvalue weighted by Crippen LogP contribution is 2.36. The lowest BCUT2D eigenvalue weighted by Crippen LogP contribution is -1.85. The Morgan fingerprint density at radius 1 is 0.611 bits per heavy atom. The molecular weight excluding hydrogens is 458 g/mol. The molecule has 0 aliphatic rings. The fourth-order valence-electron chi connectivity index (χ4n) is 4.28. The third-order valence-corrected chi connectivity index (χ3v) is 7.07. The zero-order chi connectivity index (χ0) is 24.2. The normalized spacial score (nSPS) is 11.3. The van der Waals surface area contributed by atoms with Gasteiger partial charge in [-0.2, -0.15) is 0 Å². The highest BCUT2D eigenvalue weighted by atomic mass is 32.2. The molecule has 6 rings (SSSR count). The van der Waals surface area contributed by atoms with E-state index in [2.05, 4.69) is 96.0 Å². The number of H-pyrrole nitrogens is 1. The number of imidazole rings is 1. The molecule has 0 aliphatic carbocycles. The predicted molar refractivity (Wildman–Crippen MR) is 151 cm³/mol. The van der Waals surface area contributed by atoms with Crippen LogP contribution in [0.1, 0.15) is 5.82 Å². The number of aromatic nitrogens is 2. The van der Waals surface area contributed by atoms with E-state index in [1.165, 1.54) is 4.90 Å². The lowest BCUT2D eigenvalue weighted by molar-refractivity contribution is 1.29. The Balaban J connectivity index is 1.42. The number of aromatic amines is 1. The van der Waals surface area contributed by atoms with Gasteiger partial charge in [-0.1, -0.05) is 115 Å². The summed E-state index contributed by atoms with van der Waals surface area (Å²) in [6, 6.07) is 43.7. The molecular formula is C32H23N3S. The molecule has 0 atom stereocenters. The van der Waals surface area contributed by atoms with Crippen molar-refractivity contribution in [2.24, 2.45) is 4.99 Å². The molecule has 0 fully saturated rings. The maximum absolute atomic E-state index is 4.99. The van der Waals surface area contributed by atoms with Crippen LogP contribution in [0.15, 0.2) is 142 Å². The van der Waals surface area contributed by atoms with E-state index >= 15 is 0 Å². The van der Waals surface area contributed by atoms with E-state index in [-0.39, 0.29) is 0 Å². The monoisotopic (exact) mass is 481 g/mol. The summed E-state index contributed by atoms with van der Waals surface area (Å²) in [5, 5.41) is 0. The zero-order valence-corrected chi connectivity index (χ0v) is 20.3. The second kappa shape index (κ2) is 10.1. The van der Waals surface area contributed by atoms with Crippen LogP contribution in [0.25, 0.3) is 33.3 Å². The molecule has 4 heteroatoms. The summed E-state index contributed by atoms with van der Waals surface area (Å²) in [7, 11) is 0. The number of para-hydroxylation sites is 1. The maximum Gasteiger partial charge on any atom is 0.149 e. The van der Waals surface area contributed by atoms with Gasteiger partial charge in [-0.3, -0.25) is 4.99 Å². The Labute approximate surface area is 214 Å². The first-order chi connectivity index (χ1) is 17.8. The number of aliphatic imine (C=N–C) groups is 1. The average molecular weight is 482 g/mol. The van der Waals surface area contributed by atoms with E-state index in [1.807, 2.05) is 42.6 Å². The Morgan fingerprint density at radius 3 is 1.92 bits per heavy atom. The molecule has 3 nitrogen and oxygen atoms in total. The molecule has 5 aromatic carbocycles. The highest BCUT2D eigenvalue weighted by Gasteiger charge is 2.14. The number of fused-ring (bicyclic) bond motifs is 1. The molecule has 1 aromatic heterocycles. The fraction of sp³-hybridized carbons (Fsp3) is 0.